The molecule has 4 rings (SSSR count). The summed E-state index contributed by atoms with van der Waals surface area (Å²) in [7, 11) is 0. The van der Waals surface area contributed by atoms with E-state index < -0.39 is 0 Å². The number of likely N-dealkylation sites (tertiary alicyclic amines) is 2. The lowest BCUT2D eigenvalue weighted by molar-refractivity contribution is -0.138. The van der Waals surface area contributed by atoms with Gasteiger partial charge in [-0.3, -0.25) is 24.1 Å². The molecule has 3 aliphatic rings. The van der Waals surface area contributed by atoms with Crippen molar-refractivity contribution in [3.8, 4) is 0 Å². The Morgan fingerprint density at radius 1 is 1.07 bits per heavy atom. The number of Topliss-reactive ketones (excluding diaryl/α,β-unsaturated/α-hetero) is 1. The Morgan fingerprint density at radius 2 is 1.83 bits per heavy atom. The zero-order chi connectivity index (χ0) is 20.5. The third-order valence-electron chi connectivity index (χ3n) is 6.55. The van der Waals surface area contributed by atoms with Crippen LogP contribution in [0.2, 0.25) is 0 Å². The maximum Gasteiger partial charge on any atom is 0.250 e. The molecule has 0 spiro atoms. The molecule has 8 heteroatoms. The molecule has 2 saturated heterocycles. The zero-order valence-electron chi connectivity index (χ0n) is 16.6. The Morgan fingerprint density at radius 3 is 2.55 bits per heavy atom. The van der Waals surface area contributed by atoms with Gasteiger partial charge in [-0.2, -0.15) is 0 Å². The van der Waals surface area contributed by atoms with Crippen LogP contribution >= 0.6 is 0 Å². The van der Waals surface area contributed by atoms with Crippen molar-refractivity contribution in [3.63, 3.8) is 0 Å². The molecule has 0 aromatic carbocycles. The molecule has 0 saturated carbocycles. The maximum absolute atomic E-state index is 12.5. The summed E-state index contributed by atoms with van der Waals surface area (Å²) in [6, 6.07) is 5.41. The third-order valence-corrected chi connectivity index (χ3v) is 6.55. The van der Waals surface area contributed by atoms with Gasteiger partial charge in [0.25, 0.3) is 5.56 Å². The van der Waals surface area contributed by atoms with Crippen LogP contribution < -0.4 is 11.3 Å². The fraction of sp³-hybridized carbons (Fsp3) is 0.619. The number of nitrogens with zero attached hydrogens (tertiary/aromatic N) is 3. The van der Waals surface area contributed by atoms with Crippen LogP contribution in [0.1, 0.15) is 37.3 Å². The smallest absolute Gasteiger partial charge is 0.250 e. The summed E-state index contributed by atoms with van der Waals surface area (Å²) in [4.78, 5) is 52.2. The summed E-state index contributed by atoms with van der Waals surface area (Å²) in [6.45, 7) is 3.46. The molecule has 2 bridgehead atoms. The van der Waals surface area contributed by atoms with Gasteiger partial charge in [-0.25, -0.2) is 0 Å². The molecule has 0 unspecified atom stereocenters. The minimum Gasteiger partial charge on any atom is -0.369 e. The highest BCUT2D eigenvalue weighted by molar-refractivity contribution is 5.99. The Balaban J connectivity index is 1.30. The molecule has 2 fully saturated rings. The van der Waals surface area contributed by atoms with Crippen molar-refractivity contribution in [2.24, 2.45) is 17.6 Å². The zero-order valence-corrected chi connectivity index (χ0v) is 16.6. The fourth-order valence-electron chi connectivity index (χ4n) is 5.12. The van der Waals surface area contributed by atoms with Gasteiger partial charge in [0.05, 0.1) is 13.0 Å². The molecular formula is C21H28N4O4. The largest absolute Gasteiger partial charge is 0.369 e. The summed E-state index contributed by atoms with van der Waals surface area (Å²) in [6.07, 6.45) is 2.10. The SMILES string of the molecule is NC(=O)C1CCN(C(=O)CC(=O)CN2C[C@@H]3C[C@H](C2)c2cccc(=O)n2C3)CC1. The van der Waals surface area contributed by atoms with Crippen molar-refractivity contribution in [1.29, 1.82) is 0 Å². The van der Waals surface area contributed by atoms with E-state index in [9.17, 15) is 19.2 Å². The van der Waals surface area contributed by atoms with Gasteiger partial charge in [0.15, 0.2) is 5.78 Å². The van der Waals surface area contributed by atoms with Gasteiger partial charge in [0, 0.05) is 56.3 Å². The van der Waals surface area contributed by atoms with Gasteiger partial charge < -0.3 is 15.2 Å². The molecule has 2 amide bonds. The van der Waals surface area contributed by atoms with Crippen LogP contribution in [0.15, 0.2) is 23.0 Å². The summed E-state index contributed by atoms with van der Waals surface area (Å²) in [5.41, 5.74) is 6.43. The van der Waals surface area contributed by atoms with Crippen molar-refractivity contribution >= 4 is 17.6 Å². The minimum atomic E-state index is -0.312. The number of primary amides is 1. The molecule has 0 aliphatic carbocycles. The molecule has 1 aromatic heterocycles. The summed E-state index contributed by atoms with van der Waals surface area (Å²) in [5, 5.41) is 0. The van der Waals surface area contributed by atoms with Crippen LogP contribution in [0.4, 0.5) is 0 Å². The highest BCUT2D eigenvalue weighted by Crippen LogP contribution is 2.34. The summed E-state index contributed by atoms with van der Waals surface area (Å²) < 4.78 is 1.87. The average Bonchev–Trinajstić information content (AvgIpc) is 2.68. The first-order valence-electron chi connectivity index (χ1n) is 10.4. The van der Waals surface area contributed by atoms with Crippen LogP contribution in [0.3, 0.4) is 0 Å². The van der Waals surface area contributed by atoms with E-state index in [1.807, 2.05) is 10.6 Å². The number of amides is 2. The number of carbonyl (C=O) groups excluding carboxylic acids is 3. The van der Waals surface area contributed by atoms with Gasteiger partial charge >= 0.3 is 0 Å². The maximum atomic E-state index is 12.5. The van der Waals surface area contributed by atoms with Crippen molar-refractivity contribution < 1.29 is 14.4 Å². The second-order valence-corrected chi connectivity index (χ2v) is 8.67. The Bertz CT molecular complexity index is 872. The lowest BCUT2D eigenvalue weighted by Crippen LogP contribution is -2.49. The third kappa shape index (κ3) is 4.27. The minimum absolute atomic E-state index is 0.0485. The average molecular weight is 400 g/mol. The fourth-order valence-corrected chi connectivity index (χ4v) is 5.12. The first-order valence-corrected chi connectivity index (χ1v) is 10.4. The molecule has 8 nitrogen and oxygen atoms in total. The molecule has 156 valence electrons. The van der Waals surface area contributed by atoms with Crippen molar-refractivity contribution in [2.45, 2.75) is 38.1 Å². The van der Waals surface area contributed by atoms with Crippen LogP contribution in [0, 0.1) is 11.8 Å². The number of piperidine rings is 2. The molecule has 1 aromatic rings. The first-order chi connectivity index (χ1) is 13.9. The highest BCUT2D eigenvalue weighted by Gasteiger charge is 2.35. The van der Waals surface area contributed by atoms with E-state index in [0.717, 1.165) is 25.2 Å². The monoisotopic (exact) mass is 400 g/mol. The van der Waals surface area contributed by atoms with E-state index >= 15 is 0 Å². The van der Waals surface area contributed by atoms with Gasteiger partial charge in [-0.15, -0.1) is 0 Å². The Kier molecular flexibility index (Phi) is 5.54. The Hall–Kier alpha value is -2.48. The van der Waals surface area contributed by atoms with Crippen LogP contribution in [0.5, 0.6) is 0 Å². The van der Waals surface area contributed by atoms with E-state index in [4.69, 9.17) is 5.73 Å². The van der Waals surface area contributed by atoms with Crippen molar-refractivity contribution in [3.05, 3.63) is 34.2 Å². The molecule has 29 heavy (non-hydrogen) atoms. The molecular weight excluding hydrogens is 372 g/mol. The van der Waals surface area contributed by atoms with E-state index in [1.54, 1.807) is 17.0 Å². The summed E-state index contributed by atoms with van der Waals surface area (Å²) >= 11 is 0. The lowest BCUT2D eigenvalue weighted by Gasteiger charge is -2.42. The predicted octanol–water partition coefficient (Wildman–Crippen LogP) is -0.0495. The van der Waals surface area contributed by atoms with Crippen LogP contribution in [-0.4, -0.2) is 64.7 Å². The Labute approximate surface area is 169 Å². The van der Waals surface area contributed by atoms with Crippen LogP contribution in [-0.2, 0) is 20.9 Å². The standard InChI is InChI=1S/C21H28N4O4/c22-21(29)15-4-6-24(7-5-15)20(28)9-17(26)13-23-10-14-8-16(12-23)18-2-1-3-19(27)25(18)11-14/h1-3,14-16H,4-13H2,(H2,22,29)/t14-,16+/m0/s1. The summed E-state index contributed by atoms with van der Waals surface area (Å²) in [5.74, 6) is -0.0968. The first kappa shape index (κ1) is 19.8. The number of hydrogen-bond acceptors (Lipinski definition) is 5. The molecule has 3 aliphatic heterocycles. The topological polar surface area (TPSA) is 106 Å². The molecule has 2 N–H and O–H groups in total. The van der Waals surface area contributed by atoms with Gasteiger partial charge in [0.1, 0.15) is 0 Å². The normalized spacial score (nSPS) is 24.8. The van der Waals surface area contributed by atoms with Gasteiger partial charge in [-0.1, -0.05) is 6.07 Å². The highest BCUT2D eigenvalue weighted by atomic mass is 16.2. The number of pyridine rings is 1. The lowest BCUT2D eigenvalue weighted by atomic mass is 9.83. The van der Waals surface area contributed by atoms with Crippen molar-refractivity contribution in [1.82, 2.24) is 14.4 Å². The van der Waals surface area contributed by atoms with E-state index in [2.05, 4.69) is 4.90 Å². The predicted molar refractivity (Wildman–Crippen MR) is 106 cm³/mol. The molecule has 0 radical (unpaired) electrons. The van der Waals surface area contributed by atoms with E-state index in [0.29, 0.717) is 38.4 Å². The second-order valence-electron chi connectivity index (χ2n) is 8.67. The number of rotatable bonds is 5. The number of nitrogens with two attached hydrogens (primary N) is 1. The number of carbonyl (C=O) groups is 3. The second kappa shape index (κ2) is 8.10. The van der Waals surface area contributed by atoms with E-state index in [1.165, 1.54) is 0 Å². The van der Waals surface area contributed by atoms with E-state index in [-0.39, 0.29) is 48.0 Å². The number of ketones is 1. The quantitative estimate of drug-likeness (QED) is 0.698. The van der Waals surface area contributed by atoms with Gasteiger partial charge in [-0.05, 0) is 31.2 Å². The molecule has 2 atom stereocenters. The van der Waals surface area contributed by atoms with Crippen LogP contribution in [0.25, 0.3) is 0 Å². The van der Waals surface area contributed by atoms with Crippen molar-refractivity contribution in [2.75, 3.05) is 32.7 Å². The molecule has 4 heterocycles. The number of hydrogen-bond donors (Lipinski definition) is 1. The van der Waals surface area contributed by atoms with Gasteiger partial charge in [0.2, 0.25) is 11.8 Å². The number of fused-ring (bicyclic) bond motifs is 4. The number of aromatic nitrogens is 1.